The molecule has 0 atom stereocenters. The Balaban J connectivity index is 3.00. The van der Waals surface area contributed by atoms with E-state index in [9.17, 15) is 0 Å². The molecule has 0 saturated heterocycles. The maximum atomic E-state index is 5.44. The number of methoxy groups -OCH3 is 1. The van der Waals surface area contributed by atoms with Gasteiger partial charge in [0.1, 0.15) is 6.61 Å². The van der Waals surface area contributed by atoms with Crippen LogP contribution < -0.4 is 0 Å². The summed E-state index contributed by atoms with van der Waals surface area (Å²) in [6.45, 7) is 14.2. The molecule has 0 amide bonds. The smallest absolute Gasteiger partial charge is 0.111 e. The van der Waals surface area contributed by atoms with Crippen LogP contribution in [0.5, 0.6) is 0 Å². The maximum absolute atomic E-state index is 5.44. The minimum Gasteiger partial charge on any atom is -0.499 e. The van der Waals surface area contributed by atoms with Crippen molar-refractivity contribution in [1.29, 1.82) is 0 Å². The summed E-state index contributed by atoms with van der Waals surface area (Å²) in [4.78, 5) is 0. The van der Waals surface area contributed by atoms with Crippen LogP contribution in [0.25, 0.3) is 0 Å². The van der Waals surface area contributed by atoms with Crippen molar-refractivity contribution in [1.82, 2.24) is 0 Å². The van der Waals surface area contributed by atoms with Crippen LogP contribution in [0.2, 0.25) is 0 Å². The Kier molecular flexibility index (Phi) is 31.3. The molecule has 0 aromatic heterocycles. The van der Waals surface area contributed by atoms with E-state index in [4.69, 9.17) is 52.1 Å². The third kappa shape index (κ3) is 31.1. The SMILES string of the molecule is C=COCCOCCOCCOCCOCCOCCOCCOCCOCCOCCOC. The Morgan fingerprint density at radius 2 is 0.559 bits per heavy atom. The number of hydrogen-bond donors (Lipinski definition) is 0. The van der Waals surface area contributed by atoms with Crippen molar-refractivity contribution in [2.75, 3.05) is 139 Å². The summed E-state index contributed by atoms with van der Waals surface area (Å²) < 4.78 is 58.3. The van der Waals surface area contributed by atoms with Crippen LogP contribution in [0.15, 0.2) is 12.8 Å². The fourth-order valence-electron chi connectivity index (χ4n) is 2.19. The van der Waals surface area contributed by atoms with Crippen molar-refractivity contribution < 1.29 is 52.1 Å². The molecular weight excluding hydrogens is 452 g/mol. The molecule has 11 nitrogen and oxygen atoms in total. The van der Waals surface area contributed by atoms with Gasteiger partial charge in [0, 0.05) is 7.11 Å². The molecule has 0 N–H and O–H groups in total. The predicted molar refractivity (Wildman–Crippen MR) is 125 cm³/mol. The molecule has 204 valence electrons. The van der Waals surface area contributed by atoms with Crippen LogP contribution in [0.4, 0.5) is 0 Å². The summed E-state index contributed by atoms with van der Waals surface area (Å²) in [7, 11) is 1.65. The van der Waals surface area contributed by atoms with Gasteiger partial charge in [-0.15, -0.1) is 0 Å². The first-order valence-electron chi connectivity index (χ1n) is 11.8. The first kappa shape index (κ1) is 33.1. The molecule has 0 aliphatic rings. The lowest BCUT2D eigenvalue weighted by atomic mass is 10.6. The molecule has 0 aliphatic carbocycles. The highest BCUT2D eigenvalue weighted by Crippen LogP contribution is 1.86. The van der Waals surface area contributed by atoms with Gasteiger partial charge < -0.3 is 52.1 Å². The fraction of sp³-hybridized carbons (Fsp3) is 0.913. The van der Waals surface area contributed by atoms with Gasteiger partial charge >= 0.3 is 0 Å². The summed E-state index contributed by atoms with van der Waals surface area (Å²) in [5.41, 5.74) is 0. The third-order valence-corrected chi connectivity index (χ3v) is 3.87. The molecule has 11 heteroatoms. The number of hydrogen-bond acceptors (Lipinski definition) is 11. The van der Waals surface area contributed by atoms with Gasteiger partial charge in [0.2, 0.25) is 0 Å². The molecule has 0 radical (unpaired) electrons. The van der Waals surface area contributed by atoms with Gasteiger partial charge in [-0.1, -0.05) is 6.58 Å². The molecule has 0 bridgehead atoms. The van der Waals surface area contributed by atoms with Crippen molar-refractivity contribution in [3.63, 3.8) is 0 Å². The highest BCUT2D eigenvalue weighted by molar-refractivity contribution is 4.47. The van der Waals surface area contributed by atoms with E-state index in [1.54, 1.807) is 7.11 Å². The highest BCUT2D eigenvalue weighted by Gasteiger charge is 1.95. The first-order valence-corrected chi connectivity index (χ1v) is 11.8. The molecule has 0 saturated carbocycles. The zero-order chi connectivity index (χ0) is 24.6. The molecule has 34 heavy (non-hydrogen) atoms. The molecule has 0 spiro atoms. The third-order valence-electron chi connectivity index (χ3n) is 3.87. The normalized spacial score (nSPS) is 11.2. The highest BCUT2D eigenvalue weighted by atomic mass is 16.6. The van der Waals surface area contributed by atoms with Gasteiger partial charge in [-0.05, 0) is 0 Å². The van der Waals surface area contributed by atoms with E-state index in [-0.39, 0.29) is 0 Å². The average molecular weight is 499 g/mol. The summed E-state index contributed by atoms with van der Waals surface area (Å²) in [5, 5.41) is 0. The molecule has 0 unspecified atom stereocenters. The van der Waals surface area contributed by atoms with Crippen molar-refractivity contribution in [3.8, 4) is 0 Å². The predicted octanol–water partition coefficient (Wildman–Crippen LogP) is 0.942. The second-order valence-corrected chi connectivity index (χ2v) is 6.54. The zero-order valence-corrected chi connectivity index (χ0v) is 20.9. The van der Waals surface area contributed by atoms with E-state index in [1.165, 1.54) is 6.26 Å². The molecule has 0 heterocycles. The lowest BCUT2D eigenvalue weighted by Gasteiger charge is -2.09. The minimum atomic E-state index is 0.506. The fourth-order valence-corrected chi connectivity index (χ4v) is 2.19. The largest absolute Gasteiger partial charge is 0.499 e. The monoisotopic (exact) mass is 498 g/mol. The van der Waals surface area contributed by atoms with Crippen LogP contribution in [0.3, 0.4) is 0 Å². The van der Waals surface area contributed by atoms with Crippen LogP contribution in [0.1, 0.15) is 0 Å². The summed E-state index contributed by atoms with van der Waals surface area (Å²) in [5.74, 6) is 0. The van der Waals surface area contributed by atoms with Gasteiger partial charge in [0.05, 0.1) is 132 Å². The first-order chi connectivity index (χ1) is 16.9. The van der Waals surface area contributed by atoms with Crippen molar-refractivity contribution >= 4 is 0 Å². The standard InChI is InChI=1S/C23H46O11/c1-3-25-6-7-27-10-11-29-14-15-31-18-19-33-22-23-34-21-20-32-17-16-30-13-12-28-9-8-26-5-4-24-2/h3H,1,4-23H2,2H3. The van der Waals surface area contributed by atoms with E-state index in [0.717, 1.165) is 0 Å². The Hall–Kier alpha value is -0.860. The van der Waals surface area contributed by atoms with E-state index in [2.05, 4.69) is 6.58 Å². The van der Waals surface area contributed by atoms with E-state index >= 15 is 0 Å². The van der Waals surface area contributed by atoms with Gasteiger partial charge in [-0.25, -0.2) is 0 Å². The van der Waals surface area contributed by atoms with E-state index in [0.29, 0.717) is 132 Å². The number of ether oxygens (including phenoxy) is 11. The van der Waals surface area contributed by atoms with Crippen molar-refractivity contribution in [2.24, 2.45) is 0 Å². The van der Waals surface area contributed by atoms with Gasteiger partial charge in [-0.2, -0.15) is 0 Å². The lowest BCUT2D eigenvalue weighted by Crippen LogP contribution is -2.15. The molecule has 0 aliphatic heterocycles. The lowest BCUT2D eigenvalue weighted by molar-refractivity contribution is -0.0264. The molecule has 0 aromatic rings. The minimum absolute atomic E-state index is 0.506. The summed E-state index contributed by atoms with van der Waals surface area (Å²) in [6.07, 6.45) is 1.40. The van der Waals surface area contributed by atoms with Crippen molar-refractivity contribution in [2.45, 2.75) is 0 Å². The molecular formula is C23H46O11. The van der Waals surface area contributed by atoms with Gasteiger partial charge in [0.15, 0.2) is 0 Å². The second kappa shape index (κ2) is 32.1. The Morgan fingerprint density at radius 3 is 0.765 bits per heavy atom. The summed E-state index contributed by atoms with van der Waals surface area (Å²) in [6, 6.07) is 0. The van der Waals surface area contributed by atoms with Crippen LogP contribution in [-0.2, 0) is 52.1 Å². The number of rotatable bonds is 31. The van der Waals surface area contributed by atoms with E-state index < -0.39 is 0 Å². The average Bonchev–Trinajstić information content (AvgIpc) is 2.85. The quantitative estimate of drug-likeness (QED) is 0.101. The van der Waals surface area contributed by atoms with Crippen LogP contribution in [-0.4, -0.2) is 139 Å². The molecule has 0 fully saturated rings. The van der Waals surface area contributed by atoms with Gasteiger partial charge in [0.25, 0.3) is 0 Å². The molecule has 0 rings (SSSR count). The second-order valence-electron chi connectivity index (χ2n) is 6.54. The van der Waals surface area contributed by atoms with Gasteiger partial charge in [-0.3, -0.25) is 0 Å². The van der Waals surface area contributed by atoms with Crippen LogP contribution in [0, 0.1) is 0 Å². The Labute approximate surface area is 204 Å². The van der Waals surface area contributed by atoms with Crippen LogP contribution >= 0.6 is 0 Å². The van der Waals surface area contributed by atoms with Crippen molar-refractivity contribution in [3.05, 3.63) is 12.8 Å². The zero-order valence-electron chi connectivity index (χ0n) is 20.9. The summed E-state index contributed by atoms with van der Waals surface area (Å²) >= 11 is 0. The molecule has 0 aromatic carbocycles. The Bertz CT molecular complexity index is 375. The Morgan fingerprint density at radius 1 is 0.353 bits per heavy atom. The van der Waals surface area contributed by atoms with E-state index in [1.807, 2.05) is 0 Å². The topological polar surface area (TPSA) is 102 Å². The maximum Gasteiger partial charge on any atom is 0.111 e.